The van der Waals surface area contributed by atoms with E-state index in [9.17, 15) is 14.0 Å². The Bertz CT molecular complexity index is 1020. The van der Waals surface area contributed by atoms with E-state index in [0.29, 0.717) is 11.4 Å². The lowest BCUT2D eigenvalue weighted by molar-refractivity contribution is -0.137. The van der Waals surface area contributed by atoms with Crippen LogP contribution in [0.15, 0.2) is 54.7 Å². The Morgan fingerprint density at radius 1 is 1.07 bits per heavy atom. The van der Waals surface area contributed by atoms with Gasteiger partial charge in [0, 0.05) is 25.9 Å². The molecule has 0 saturated carbocycles. The lowest BCUT2D eigenvalue weighted by Crippen LogP contribution is -2.34. The number of benzene rings is 2. The van der Waals surface area contributed by atoms with Crippen LogP contribution in [0.5, 0.6) is 0 Å². The fourth-order valence-corrected chi connectivity index (χ4v) is 2.81. The third kappa shape index (κ3) is 4.51. The first kappa shape index (κ1) is 20.3. The number of carbonyl (C=O) groups is 2. The molecular formula is C22H22FN3O3. The second kappa shape index (κ2) is 8.26. The van der Waals surface area contributed by atoms with Gasteiger partial charge in [-0.1, -0.05) is 29.8 Å². The van der Waals surface area contributed by atoms with Crippen LogP contribution in [0.1, 0.15) is 22.8 Å². The monoisotopic (exact) mass is 395 g/mol. The van der Waals surface area contributed by atoms with Crippen molar-refractivity contribution in [2.45, 2.75) is 20.0 Å². The average Bonchev–Trinajstić information content (AvgIpc) is 3.13. The van der Waals surface area contributed by atoms with E-state index in [4.69, 9.17) is 4.74 Å². The summed E-state index contributed by atoms with van der Waals surface area (Å²) < 4.78 is 20.1. The fraction of sp³-hybridized carbons (Fsp3) is 0.227. The van der Waals surface area contributed by atoms with Crippen LogP contribution in [0.2, 0.25) is 0 Å². The molecule has 0 N–H and O–H groups in total. The van der Waals surface area contributed by atoms with Gasteiger partial charge >= 0.3 is 5.97 Å². The molecule has 0 radical (unpaired) electrons. The van der Waals surface area contributed by atoms with E-state index in [1.54, 1.807) is 26.2 Å². The van der Waals surface area contributed by atoms with Gasteiger partial charge < -0.3 is 9.64 Å². The molecule has 6 nitrogen and oxygen atoms in total. The van der Waals surface area contributed by atoms with Crippen LogP contribution < -0.4 is 0 Å². The minimum Gasteiger partial charge on any atom is -0.449 e. The van der Waals surface area contributed by atoms with Crippen LogP contribution in [0.3, 0.4) is 0 Å². The summed E-state index contributed by atoms with van der Waals surface area (Å²) >= 11 is 0. The minimum atomic E-state index is -0.933. The van der Waals surface area contributed by atoms with E-state index in [0.717, 1.165) is 11.1 Å². The van der Waals surface area contributed by atoms with E-state index < -0.39 is 12.1 Å². The highest BCUT2D eigenvalue weighted by Crippen LogP contribution is 2.25. The van der Waals surface area contributed by atoms with Crippen LogP contribution in [0.4, 0.5) is 4.39 Å². The van der Waals surface area contributed by atoms with Crippen LogP contribution >= 0.6 is 0 Å². The van der Waals surface area contributed by atoms with Gasteiger partial charge in [-0.05, 0) is 38.1 Å². The van der Waals surface area contributed by atoms with Gasteiger partial charge in [0.05, 0.1) is 5.69 Å². The lowest BCUT2D eigenvalue weighted by Gasteiger charge is -2.17. The summed E-state index contributed by atoms with van der Waals surface area (Å²) in [5, 5.41) is 4.52. The first-order chi connectivity index (χ1) is 13.8. The Balaban J connectivity index is 2.01. The number of likely N-dealkylation sites (N-methyl/N-ethyl adjacent to an activating group) is 1. The zero-order valence-electron chi connectivity index (χ0n) is 16.7. The van der Waals surface area contributed by atoms with Gasteiger partial charge in [0.15, 0.2) is 6.10 Å². The zero-order valence-corrected chi connectivity index (χ0v) is 16.7. The molecule has 2 aromatic carbocycles. The first-order valence-corrected chi connectivity index (χ1v) is 9.11. The van der Waals surface area contributed by atoms with Crippen molar-refractivity contribution in [3.05, 3.63) is 71.7 Å². The maximum Gasteiger partial charge on any atom is 0.342 e. The minimum absolute atomic E-state index is 0.219. The first-order valence-electron chi connectivity index (χ1n) is 9.11. The summed E-state index contributed by atoms with van der Waals surface area (Å²) in [7, 11) is 3.19. The summed E-state index contributed by atoms with van der Waals surface area (Å²) in [5.74, 6) is -1.34. The van der Waals surface area contributed by atoms with E-state index in [2.05, 4.69) is 5.10 Å². The topological polar surface area (TPSA) is 64.4 Å². The summed E-state index contributed by atoms with van der Waals surface area (Å²) in [5.41, 5.74) is 3.03. The van der Waals surface area contributed by atoms with Gasteiger partial charge in [-0.2, -0.15) is 5.10 Å². The number of amides is 1. The Hall–Kier alpha value is -3.48. The number of hydrogen-bond acceptors (Lipinski definition) is 4. The number of aryl methyl sites for hydroxylation is 1. The Kier molecular flexibility index (Phi) is 5.77. The third-order valence-electron chi connectivity index (χ3n) is 4.42. The van der Waals surface area contributed by atoms with E-state index in [-0.39, 0.29) is 17.3 Å². The molecule has 1 amide bonds. The predicted molar refractivity (Wildman–Crippen MR) is 107 cm³/mol. The molecular weight excluding hydrogens is 373 g/mol. The molecule has 0 unspecified atom stereocenters. The molecule has 1 heterocycles. The number of rotatable bonds is 5. The second-order valence-electron chi connectivity index (χ2n) is 6.96. The van der Waals surface area contributed by atoms with Gasteiger partial charge in [-0.3, -0.25) is 4.79 Å². The molecule has 3 rings (SSSR count). The van der Waals surface area contributed by atoms with E-state index in [1.807, 2.05) is 31.2 Å². The van der Waals surface area contributed by atoms with Crippen molar-refractivity contribution < 1.29 is 18.7 Å². The Morgan fingerprint density at radius 2 is 1.69 bits per heavy atom. The fourth-order valence-electron chi connectivity index (χ4n) is 2.81. The summed E-state index contributed by atoms with van der Waals surface area (Å²) in [6, 6.07) is 13.3. The van der Waals surface area contributed by atoms with E-state index in [1.165, 1.54) is 34.8 Å². The van der Waals surface area contributed by atoms with Crippen molar-refractivity contribution in [1.29, 1.82) is 0 Å². The molecule has 150 valence electrons. The maximum atomic E-state index is 13.3. The van der Waals surface area contributed by atoms with Crippen molar-refractivity contribution in [1.82, 2.24) is 14.7 Å². The van der Waals surface area contributed by atoms with Crippen LogP contribution in [0, 0.1) is 12.7 Å². The largest absolute Gasteiger partial charge is 0.449 e. The van der Waals surface area contributed by atoms with Crippen molar-refractivity contribution in [2.75, 3.05) is 14.1 Å². The number of hydrogen-bond donors (Lipinski definition) is 0. The predicted octanol–water partition coefficient (Wildman–Crippen LogP) is 3.62. The van der Waals surface area contributed by atoms with Gasteiger partial charge in [0.2, 0.25) is 0 Å². The zero-order chi connectivity index (χ0) is 21.1. The molecule has 0 aliphatic rings. The van der Waals surface area contributed by atoms with Gasteiger partial charge in [0.1, 0.15) is 17.1 Å². The highest BCUT2D eigenvalue weighted by molar-refractivity contribution is 5.97. The average molecular weight is 395 g/mol. The molecule has 0 aliphatic carbocycles. The molecule has 1 atom stereocenters. The summed E-state index contributed by atoms with van der Waals surface area (Å²) in [6.07, 6.45) is 0.593. The second-order valence-corrected chi connectivity index (χ2v) is 6.96. The highest BCUT2D eigenvalue weighted by atomic mass is 19.1. The molecule has 3 aromatic rings. The molecule has 0 fully saturated rings. The number of carbonyl (C=O) groups excluding carboxylic acids is 2. The molecule has 0 bridgehead atoms. The highest BCUT2D eigenvalue weighted by Gasteiger charge is 2.25. The number of halogens is 1. The number of ether oxygens (including phenoxy) is 1. The smallest absolute Gasteiger partial charge is 0.342 e. The van der Waals surface area contributed by atoms with Crippen molar-refractivity contribution in [3.8, 4) is 16.9 Å². The van der Waals surface area contributed by atoms with Crippen LogP contribution in [0.25, 0.3) is 16.9 Å². The molecule has 29 heavy (non-hydrogen) atoms. The normalized spacial score (nSPS) is 11.8. The molecule has 0 aliphatic heterocycles. The Morgan fingerprint density at radius 3 is 2.28 bits per heavy atom. The Labute approximate surface area is 168 Å². The van der Waals surface area contributed by atoms with Gasteiger partial charge in [-0.25, -0.2) is 13.9 Å². The molecule has 1 aromatic heterocycles. The van der Waals surface area contributed by atoms with Crippen molar-refractivity contribution in [3.63, 3.8) is 0 Å². The van der Waals surface area contributed by atoms with Crippen molar-refractivity contribution >= 4 is 11.9 Å². The standard InChI is InChI=1S/C22H22FN3O3/c1-14-5-7-16(8-6-14)20-19(22(28)29-15(2)21(27)25(3)4)13-26(24-20)18-11-9-17(23)10-12-18/h5-13,15H,1-4H3/t15-/m0/s1. The van der Waals surface area contributed by atoms with Crippen LogP contribution in [-0.4, -0.2) is 46.8 Å². The maximum absolute atomic E-state index is 13.3. The number of nitrogens with zero attached hydrogens (tertiary/aromatic N) is 3. The lowest BCUT2D eigenvalue weighted by atomic mass is 10.1. The molecule has 7 heteroatoms. The molecule has 0 saturated heterocycles. The summed E-state index contributed by atoms with van der Waals surface area (Å²) in [4.78, 5) is 26.3. The quantitative estimate of drug-likeness (QED) is 0.619. The van der Waals surface area contributed by atoms with Crippen molar-refractivity contribution in [2.24, 2.45) is 0 Å². The SMILES string of the molecule is Cc1ccc(-c2nn(-c3ccc(F)cc3)cc2C(=O)O[C@@H](C)C(=O)N(C)C)cc1. The molecule has 0 spiro atoms. The van der Waals surface area contributed by atoms with Gasteiger partial charge in [0.25, 0.3) is 5.91 Å². The van der Waals surface area contributed by atoms with Gasteiger partial charge in [-0.15, -0.1) is 0 Å². The number of esters is 1. The third-order valence-corrected chi connectivity index (χ3v) is 4.42. The van der Waals surface area contributed by atoms with Crippen LogP contribution in [-0.2, 0) is 9.53 Å². The number of aromatic nitrogens is 2. The summed E-state index contributed by atoms with van der Waals surface area (Å²) in [6.45, 7) is 3.49. The van der Waals surface area contributed by atoms with E-state index >= 15 is 0 Å².